The van der Waals surface area contributed by atoms with Gasteiger partial charge in [0.15, 0.2) is 5.96 Å². The molecule has 0 aliphatic carbocycles. The number of aliphatic imine (C=N–C) groups is 1. The maximum Gasteiger partial charge on any atom is 0.191 e. The molecule has 0 amide bonds. The zero-order valence-electron chi connectivity index (χ0n) is 13.5. The lowest BCUT2D eigenvalue weighted by molar-refractivity contribution is 0.147. The van der Waals surface area contributed by atoms with E-state index < -0.39 is 0 Å². The zero-order chi connectivity index (χ0) is 13.9. The molecule has 2 N–H and O–H groups in total. The summed E-state index contributed by atoms with van der Waals surface area (Å²) in [6, 6.07) is 0.797. The van der Waals surface area contributed by atoms with Gasteiger partial charge in [-0.3, -0.25) is 9.89 Å². The molecule has 1 unspecified atom stereocenters. The molecule has 1 heterocycles. The Morgan fingerprint density at radius 2 is 1.95 bits per heavy atom. The van der Waals surface area contributed by atoms with Gasteiger partial charge in [-0.15, -0.1) is 24.0 Å². The van der Waals surface area contributed by atoms with Crippen LogP contribution in [0.15, 0.2) is 4.99 Å². The van der Waals surface area contributed by atoms with E-state index >= 15 is 0 Å². The van der Waals surface area contributed by atoms with Crippen molar-refractivity contribution in [1.82, 2.24) is 15.5 Å². The van der Waals surface area contributed by atoms with E-state index in [4.69, 9.17) is 0 Å². The molecular weight excluding hydrogens is 363 g/mol. The normalized spacial score (nSPS) is 20.4. The number of piperidine rings is 1. The molecule has 0 saturated carbocycles. The van der Waals surface area contributed by atoms with Crippen LogP contribution in [0.4, 0.5) is 0 Å². The molecule has 20 heavy (non-hydrogen) atoms. The lowest BCUT2D eigenvalue weighted by atomic mass is 10.0. The first-order chi connectivity index (χ1) is 9.31. The van der Waals surface area contributed by atoms with E-state index in [1.165, 1.54) is 45.1 Å². The first kappa shape index (κ1) is 20.0. The topological polar surface area (TPSA) is 39.7 Å². The number of rotatable bonds is 7. The third-order valence-electron chi connectivity index (χ3n) is 3.96. The number of nitrogens with one attached hydrogen (secondary N) is 2. The van der Waals surface area contributed by atoms with Crippen molar-refractivity contribution in [3.8, 4) is 0 Å². The van der Waals surface area contributed by atoms with Crippen LogP contribution in [0, 0.1) is 0 Å². The highest BCUT2D eigenvalue weighted by Gasteiger charge is 2.19. The summed E-state index contributed by atoms with van der Waals surface area (Å²) in [6.07, 6.45) is 7.84. The molecule has 0 aromatic heterocycles. The number of likely N-dealkylation sites (tertiary alicyclic amines) is 1. The Morgan fingerprint density at radius 3 is 2.60 bits per heavy atom. The van der Waals surface area contributed by atoms with E-state index in [1.807, 2.05) is 7.05 Å². The summed E-state index contributed by atoms with van der Waals surface area (Å²) in [5.74, 6) is 0.943. The van der Waals surface area contributed by atoms with E-state index in [1.54, 1.807) is 0 Å². The van der Waals surface area contributed by atoms with Crippen LogP contribution in [0.2, 0.25) is 0 Å². The zero-order valence-corrected chi connectivity index (χ0v) is 15.8. The van der Waals surface area contributed by atoms with Gasteiger partial charge < -0.3 is 10.6 Å². The molecule has 1 aliphatic rings. The minimum absolute atomic E-state index is 0. The largest absolute Gasteiger partial charge is 0.356 e. The molecule has 0 spiro atoms. The Hall–Kier alpha value is -0.0400. The number of unbranched alkanes of at least 4 members (excludes halogenated alkanes) is 1. The average Bonchev–Trinajstić information content (AvgIpc) is 2.46. The Bertz CT molecular complexity index is 258. The van der Waals surface area contributed by atoms with Gasteiger partial charge in [-0.25, -0.2) is 0 Å². The summed E-state index contributed by atoms with van der Waals surface area (Å²) in [6.45, 7) is 8.91. The van der Waals surface area contributed by atoms with Gasteiger partial charge in [-0.1, -0.05) is 26.7 Å². The molecule has 1 atom stereocenters. The molecule has 1 saturated heterocycles. The molecule has 1 rings (SSSR count). The van der Waals surface area contributed by atoms with Crippen LogP contribution in [0.25, 0.3) is 0 Å². The summed E-state index contributed by atoms with van der Waals surface area (Å²) in [5.41, 5.74) is 0. The lowest BCUT2D eigenvalue weighted by Crippen LogP contribution is -2.46. The molecule has 4 nitrogen and oxygen atoms in total. The predicted octanol–water partition coefficient (Wildman–Crippen LogP) is 2.83. The highest BCUT2D eigenvalue weighted by molar-refractivity contribution is 14.0. The summed E-state index contributed by atoms with van der Waals surface area (Å²) < 4.78 is 0. The maximum absolute atomic E-state index is 4.26. The van der Waals surface area contributed by atoms with Crippen molar-refractivity contribution in [3.05, 3.63) is 0 Å². The summed E-state index contributed by atoms with van der Waals surface area (Å²) in [4.78, 5) is 6.89. The molecule has 0 radical (unpaired) electrons. The SMILES string of the molecule is CCCCNC(=NC)NCCN1CCCCC1CC.I. The van der Waals surface area contributed by atoms with Crippen molar-refractivity contribution in [2.24, 2.45) is 4.99 Å². The van der Waals surface area contributed by atoms with Crippen LogP contribution in [0.5, 0.6) is 0 Å². The molecule has 120 valence electrons. The first-order valence-corrected chi connectivity index (χ1v) is 8.00. The van der Waals surface area contributed by atoms with Crippen molar-refractivity contribution >= 4 is 29.9 Å². The van der Waals surface area contributed by atoms with Gasteiger partial charge in [-0.05, 0) is 32.2 Å². The fraction of sp³-hybridized carbons (Fsp3) is 0.933. The number of nitrogens with zero attached hydrogens (tertiary/aromatic N) is 2. The van der Waals surface area contributed by atoms with Crippen LogP contribution >= 0.6 is 24.0 Å². The van der Waals surface area contributed by atoms with E-state index in [-0.39, 0.29) is 24.0 Å². The van der Waals surface area contributed by atoms with Crippen molar-refractivity contribution in [2.75, 3.05) is 33.2 Å². The number of guanidine groups is 1. The number of halogens is 1. The smallest absolute Gasteiger partial charge is 0.191 e. The van der Waals surface area contributed by atoms with Crippen LogP contribution < -0.4 is 10.6 Å². The Balaban J connectivity index is 0.00000361. The van der Waals surface area contributed by atoms with Crippen molar-refractivity contribution in [3.63, 3.8) is 0 Å². The first-order valence-electron chi connectivity index (χ1n) is 8.00. The second-order valence-corrected chi connectivity index (χ2v) is 5.37. The van der Waals surface area contributed by atoms with E-state index in [9.17, 15) is 0 Å². The second-order valence-electron chi connectivity index (χ2n) is 5.37. The molecule has 1 aliphatic heterocycles. The molecule has 0 aromatic carbocycles. The number of hydrogen-bond donors (Lipinski definition) is 2. The molecule has 5 heteroatoms. The third-order valence-corrected chi connectivity index (χ3v) is 3.96. The van der Waals surface area contributed by atoms with Crippen molar-refractivity contribution in [2.45, 2.75) is 58.4 Å². The van der Waals surface area contributed by atoms with Crippen LogP contribution in [-0.2, 0) is 0 Å². The van der Waals surface area contributed by atoms with Gasteiger partial charge in [0.25, 0.3) is 0 Å². The standard InChI is InChI=1S/C15H32N4.HI/c1-4-6-10-17-15(16-3)18-11-13-19-12-8-7-9-14(19)5-2;/h14H,4-13H2,1-3H3,(H2,16,17,18);1H. The van der Waals surface area contributed by atoms with Gasteiger partial charge in [0.2, 0.25) is 0 Å². The average molecular weight is 396 g/mol. The monoisotopic (exact) mass is 396 g/mol. The van der Waals surface area contributed by atoms with E-state index in [2.05, 4.69) is 34.4 Å². The van der Waals surface area contributed by atoms with Crippen molar-refractivity contribution < 1.29 is 0 Å². The van der Waals surface area contributed by atoms with Gasteiger partial charge in [0.05, 0.1) is 0 Å². The third kappa shape index (κ3) is 7.67. The summed E-state index contributed by atoms with van der Waals surface area (Å²) in [5, 5.41) is 6.77. The highest BCUT2D eigenvalue weighted by atomic mass is 127. The predicted molar refractivity (Wildman–Crippen MR) is 99.2 cm³/mol. The van der Waals surface area contributed by atoms with Gasteiger partial charge in [-0.2, -0.15) is 0 Å². The van der Waals surface area contributed by atoms with Crippen LogP contribution in [-0.4, -0.2) is 50.1 Å². The molecule has 0 bridgehead atoms. The maximum atomic E-state index is 4.26. The number of hydrogen-bond acceptors (Lipinski definition) is 2. The fourth-order valence-electron chi connectivity index (χ4n) is 2.74. The highest BCUT2D eigenvalue weighted by Crippen LogP contribution is 2.18. The summed E-state index contributed by atoms with van der Waals surface area (Å²) in [7, 11) is 1.84. The van der Waals surface area contributed by atoms with E-state index in [0.717, 1.165) is 31.6 Å². The van der Waals surface area contributed by atoms with Gasteiger partial charge in [0.1, 0.15) is 0 Å². The van der Waals surface area contributed by atoms with Crippen LogP contribution in [0.1, 0.15) is 52.4 Å². The minimum atomic E-state index is 0. The molecule has 0 aromatic rings. The van der Waals surface area contributed by atoms with E-state index in [0.29, 0.717) is 0 Å². The van der Waals surface area contributed by atoms with Gasteiger partial charge >= 0.3 is 0 Å². The fourth-order valence-corrected chi connectivity index (χ4v) is 2.74. The Morgan fingerprint density at radius 1 is 1.20 bits per heavy atom. The van der Waals surface area contributed by atoms with Crippen LogP contribution in [0.3, 0.4) is 0 Å². The summed E-state index contributed by atoms with van der Waals surface area (Å²) >= 11 is 0. The Labute approximate surface area is 142 Å². The second kappa shape index (κ2) is 12.7. The Kier molecular flexibility index (Phi) is 12.7. The minimum Gasteiger partial charge on any atom is -0.356 e. The molecular formula is C15H33IN4. The van der Waals surface area contributed by atoms with Crippen molar-refractivity contribution in [1.29, 1.82) is 0 Å². The lowest BCUT2D eigenvalue weighted by Gasteiger charge is -2.35. The molecule has 1 fully saturated rings. The quantitative estimate of drug-likeness (QED) is 0.301. The van der Waals surface area contributed by atoms with Gasteiger partial charge in [0, 0.05) is 32.7 Å².